The third kappa shape index (κ3) is 5.02. The van der Waals surface area contributed by atoms with Gasteiger partial charge in [-0.1, -0.05) is 54.4 Å². The van der Waals surface area contributed by atoms with Gasteiger partial charge in [0.25, 0.3) is 5.56 Å². The summed E-state index contributed by atoms with van der Waals surface area (Å²) in [5.41, 5.74) is 3.89. The minimum Gasteiger partial charge on any atom is -0.495 e. The van der Waals surface area contributed by atoms with Crippen molar-refractivity contribution in [2.24, 2.45) is 13.0 Å². The van der Waals surface area contributed by atoms with Crippen molar-refractivity contribution in [1.82, 2.24) is 14.5 Å². The molecule has 4 aromatic rings. The highest BCUT2D eigenvalue weighted by Crippen LogP contribution is 2.45. The molecule has 7 nitrogen and oxygen atoms in total. The van der Waals surface area contributed by atoms with Gasteiger partial charge in [0, 0.05) is 35.9 Å². The summed E-state index contributed by atoms with van der Waals surface area (Å²) >= 11 is 13.2. The van der Waals surface area contributed by atoms with Crippen molar-refractivity contribution in [3.8, 4) is 22.6 Å². The maximum Gasteiger partial charge on any atom is 0.259 e. The lowest BCUT2D eigenvalue weighted by molar-refractivity contribution is 0.395. The van der Waals surface area contributed by atoms with Gasteiger partial charge >= 0.3 is 0 Å². The van der Waals surface area contributed by atoms with Gasteiger partial charge in [0.1, 0.15) is 17.1 Å². The number of para-hydroxylation sites is 1. The van der Waals surface area contributed by atoms with Crippen LogP contribution in [0.4, 0.5) is 11.6 Å². The second kappa shape index (κ2) is 10.8. The average Bonchev–Trinajstić information content (AvgIpc) is 2.89. The highest BCUT2D eigenvalue weighted by Gasteiger charge is 2.22. The molecule has 4 rings (SSSR count). The van der Waals surface area contributed by atoms with Crippen LogP contribution in [0.5, 0.6) is 11.5 Å². The summed E-state index contributed by atoms with van der Waals surface area (Å²) in [4.78, 5) is 22.7. The maximum atomic E-state index is 13.5. The molecule has 0 aliphatic heterocycles. The normalized spacial score (nSPS) is 11.9. The number of benzene rings is 2. The van der Waals surface area contributed by atoms with Gasteiger partial charge in [0.15, 0.2) is 0 Å². The van der Waals surface area contributed by atoms with Crippen LogP contribution in [0.2, 0.25) is 10.0 Å². The number of nitrogens with one attached hydrogen (secondary N) is 1. The van der Waals surface area contributed by atoms with Crippen LogP contribution in [-0.4, -0.2) is 28.8 Å². The SMILES string of the molecule is C=CC(C)Cc1cccc(C)c1Nc1ncc2cc(-c3c(Cl)c(OC)cc(OC)c3Cl)c(=O)n(C)c2n1. The number of halogens is 2. The minimum atomic E-state index is -0.326. The molecule has 37 heavy (non-hydrogen) atoms. The van der Waals surface area contributed by atoms with E-state index in [1.54, 1.807) is 25.4 Å². The molecule has 0 fully saturated rings. The van der Waals surface area contributed by atoms with Gasteiger partial charge in [-0.2, -0.15) is 4.98 Å². The Morgan fingerprint density at radius 2 is 1.84 bits per heavy atom. The first-order valence-electron chi connectivity index (χ1n) is 11.6. The largest absolute Gasteiger partial charge is 0.495 e. The molecule has 0 amide bonds. The molecule has 2 aromatic carbocycles. The molecule has 2 aromatic heterocycles. The molecule has 0 radical (unpaired) electrons. The van der Waals surface area contributed by atoms with Gasteiger partial charge in [0.2, 0.25) is 5.95 Å². The summed E-state index contributed by atoms with van der Waals surface area (Å²) < 4.78 is 12.2. The highest BCUT2D eigenvalue weighted by atomic mass is 35.5. The van der Waals surface area contributed by atoms with E-state index in [4.69, 9.17) is 32.7 Å². The number of fused-ring (bicyclic) bond motifs is 1. The Kier molecular flexibility index (Phi) is 7.76. The first-order chi connectivity index (χ1) is 17.7. The summed E-state index contributed by atoms with van der Waals surface area (Å²) in [6.45, 7) is 8.05. The lowest BCUT2D eigenvalue weighted by Crippen LogP contribution is -2.20. The maximum absolute atomic E-state index is 13.5. The molecular weight excluding hydrogens is 511 g/mol. The summed E-state index contributed by atoms with van der Waals surface area (Å²) in [6.07, 6.45) is 4.42. The quantitative estimate of drug-likeness (QED) is 0.250. The second-order valence-electron chi connectivity index (χ2n) is 8.83. The summed E-state index contributed by atoms with van der Waals surface area (Å²) in [7, 11) is 4.61. The lowest BCUT2D eigenvalue weighted by Gasteiger charge is -2.17. The van der Waals surface area contributed by atoms with Gasteiger partial charge in [-0.3, -0.25) is 9.36 Å². The van der Waals surface area contributed by atoms with Gasteiger partial charge in [-0.05, 0) is 36.5 Å². The molecule has 0 saturated carbocycles. The first kappa shape index (κ1) is 26.5. The van der Waals surface area contributed by atoms with Crippen LogP contribution in [0.25, 0.3) is 22.2 Å². The number of nitrogens with zero attached hydrogens (tertiary/aromatic N) is 3. The lowest BCUT2D eigenvalue weighted by atomic mass is 9.97. The first-order valence-corrected chi connectivity index (χ1v) is 12.4. The second-order valence-corrected chi connectivity index (χ2v) is 9.59. The molecule has 0 aliphatic rings. The Labute approximate surface area is 225 Å². The number of methoxy groups -OCH3 is 2. The fourth-order valence-electron chi connectivity index (χ4n) is 4.23. The molecule has 9 heteroatoms. The van der Waals surface area contributed by atoms with Crippen molar-refractivity contribution in [2.45, 2.75) is 20.3 Å². The zero-order valence-electron chi connectivity index (χ0n) is 21.4. The number of aryl methyl sites for hydroxylation is 2. The van der Waals surface area contributed by atoms with Crippen LogP contribution in [0.3, 0.4) is 0 Å². The van der Waals surface area contributed by atoms with E-state index >= 15 is 0 Å². The Morgan fingerprint density at radius 3 is 2.46 bits per heavy atom. The van der Waals surface area contributed by atoms with Crippen molar-refractivity contribution >= 4 is 45.9 Å². The molecule has 2 heterocycles. The van der Waals surface area contributed by atoms with Crippen molar-refractivity contribution in [1.29, 1.82) is 0 Å². The number of rotatable bonds is 8. The topological polar surface area (TPSA) is 78.3 Å². The van der Waals surface area contributed by atoms with Crippen LogP contribution in [0.15, 0.2) is 54.0 Å². The van der Waals surface area contributed by atoms with Crippen LogP contribution >= 0.6 is 23.2 Å². The average molecular weight is 539 g/mol. The number of hydrogen-bond acceptors (Lipinski definition) is 6. The van der Waals surface area contributed by atoms with E-state index in [1.165, 1.54) is 18.8 Å². The molecule has 0 saturated heterocycles. The summed E-state index contributed by atoms with van der Waals surface area (Å²) in [6, 6.07) is 9.40. The Balaban J connectivity index is 1.83. The zero-order valence-corrected chi connectivity index (χ0v) is 22.9. The molecule has 192 valence electrons. The predicted molar refractivity (Wildman–Crippen MR) is 151 cm³/mol. The van der Waals surface area contributed by atoms with E-state index in [9.17, 15) is 4.79 Å². The van der Waals surface area contributed by atoms with E-state index in [-0.39, 0.29) is 21.2 Å². The van der Waals surface area contributed by atoms with Crippen molar-refractivity contribution < 1.29 is 9.47 Å². The number of aromatic nitrogens is 3. The van der Waals surface area contributed by atoms with Crippen molar-refractivity contribution in [2.75, 3.05) is 19.5 Å². The predicted octanol–water partition coefficient (Wildman–Crippen LogP) is 6.74. The Morgan fingerprint density at radius 1 is 1.16 bits per heavy atom. The van der Waals surface area contributed by atoms with Gasteiger partial charge in [0.05, 0.1) is 29.8 Å². The van der Waals surface area contributed by atoms with Gasteiger partial charge < -0.3 is 14.8 Å². The fraction of sp³-hybridized carbons (Fsp3) is 0.250. The van der Waals surface area contributed by atoms with Crippen molar-refractivity contribution in [3.05, 3.63) is 80.7 Å². The molecule has 1 unspecified atom stereocenters. The zero-order chi connectivity index (χ0) is 26.9. The molecule has 0 aliphatic carbocycles. The molecular formula is C28H28Cl2N4O3. The number of ether oxygens (including phenoxy) is 2. The van der Waals surface area contributed by atoms with E-state index in [0.29, 0.717) is 40.0 Å². The fourth-order valence-corrected chi connectivity index (χ4v) is 4.93. The number of hydrogen-bond donors (Lipinski definition) is 1. The minimum absolute atomic E-state index is 0.213. The molecule has 1 atom stereocenters. The summed E-state index contributed by atoms with van der Waals surface area (Å²) in [5.74, 6) is 1.38. The molecule has 1 N–H and O–H groups in total. The van der Waals surface area contributed by atoms with E-state index < -0.39 is 0 Å². The van der Waals surface area contributed by atoms with Gasteiger partial charge in [-0.15, -0.1) is 6.58 Å². The van der Waals surface area contributed by atoms with E-state index in [1.807, 2.05) is 25.1 Å². The molecule has 0 bridgehead atoms. The smallest absolute Gasteiger partial charge is 0.259 e. The number of pyridine rings is 1. The van der Waals surface area contributed by atoms with Crippen LogP contribution in [0.1, 0.15) is 18.1 Å². The van der Waals surface area contributed by atoms with Crippen molar-refractivity contribution in [3.63, 3.8) is 0 Å². The Hall–Kier alpha value is -3.55. The molecule has 0 spiro atoms. The van der Waals surface area contributed by atoms with E-state index in [2.05, 4.69) is 34.9 Å². The summed E-state index contributed by atoms with van der Waals surface area (Å²) in [5, 5.41) is 4.42. The third-order valence-electron chi connectivity index (χ3n) is 6.33. The highest BCUT2D eigenvalue weighted by molar-refractivity contribution is 6.41. The Bertz CT molecular complexity index is 1540. The monoisotopic (exact) mass is 538 g/mol. The van der Waals surface area contributed by atoms with Gasteiger partial charge in [-0.25, -0.2) is 4.98 Å². The number of allylic oxidation sites excluding steroid dienone is 1. The number of anilines is 2. The van der Waals surface area contributed by atoms with E-state index in [0.717, 1.165) is 23.2 Å². The van der Waals surface area contributed by atoms with Crippen LogP contribution in [0, 0.1) is 12.8 Å². The van der Waals surface area contributed by atoms with Crippen LogP contribution in [-0.2, 0) is 13.5 Å². The third-order valence-corrected chi connectivity index (χ3v) is 7.08. The van der Waals surface area contributed by atoms with Crippen LogP contribution < -0.4 is 20.3 Å². The standard InChI is InChI=1S/C28H28Cl2N4O3/c1-7-15(2)11-17-10-8-9-16(3)25(17)32-28-31-14-18-12-19(27(35)34(4)26(18)33-28)22-23(29)20(36-5)13-21(37-6)24(22)30/h7-10,12-15H,1,11H2,2-6H3,(H,31,32,33).